The second-order valence-corrected chi connectivity index (χ2v) is 9.74. The van der Waals surface area contributed by atoms with E-state index in [0.717, 1.165) is 17.2 Å². The standard InChI is InChI=1S/3C12H17O.Cu/c3*1-3-4-5-6-11-7-9-12(13-2)10-8-11;/h3*7-10H,2-6H2,1H3;/q3*-1;. The molecule has 3 rings (SSSR count). The smallest absolute Gasteiger partial charge is 0.0843 e. The molecule has 0 saturated carbocycles. The van der Waals surface area contributed by atoms with Crippen molar-refractivity contribution in [1.82, 2.24) is 0 Å². The van der Waals surface area contributed by atoms with Gasteiger partial charge in [-0.25, -0.2) is 0 Å². The molecular formula is C36H51CuO3-3. The summed E-state index contributed by atoms with van der Waals surface area (Å²) in [5, 5.41) is 0. The Morgan fingerprint density at radius 2 is 0.625 bits per heavy atom. The van der Waals surface area contributed by atoms with E-state index in [-0.39, 0.29) is 17.1 Å². The molecule has 0 unspecified atom stereocenters. The minimum atomic E-state index is 0. The predicted octanol–water partition coefficient (Wildman–Crippen LogP) is 10.8. The SMILES string of the molecule is [CH2-]Oc1ccc(CCCCC)cc1.[CH2-]Oc1ccc(CCCCC)cc1.[CH2-]Oc1ccc(CCCCC)cc1.[Cu]. The van der Waals surface area contributed by atoms with Crippen molar-refractivity contribution < 1.29 is 31.3 Å². The Hall–Kier alpha value is -2.42. The Morgan fingerprint density at radius 1 is 0.400 bits per heavy atom. The van der Waals surface area contributed by atoms with Gasteiger partial charge >= 0.3 is 0 Å². The molecule has 0 heterocycles. The first kappa shape index (κ1) is 37.6. The van der Waals surface area contributed by atoms with Crippen molar-refractivity contribution >= 4 is 0 Å². The molecule has 0 fully saturated rings. The van der Waals surface area contributed by atoms with Gasteiger partial charge in [-0.05, 0) is 91.6 Å². The van der Waals surface area contributed by atoms with Crippen molar-refractivity contribution in [1.29, 1.82) is 0 Å². The Morgan fingerprint density at radius 3 is 0.800 bits per heavy atom. The third kappa shape index (κ3) is 18.0. The van der Waals surface area contributed by atoms with Gasteiger partial charge in [0.15, 0.2) is 0 Å². The van der Waals surface area contributed by atoms with Crippen molar-refractivity contribution in [2.75, 3.05) is 0 Å². The zero-order chi connectivity index (χ0) is 28.6. The van der Waals surface area contributed by atoms with Crippen molar-refractivity contribution in [2.45, 2.75) is 97.8 Å². The summed E-state index contributed by atoms with van der Waals surface area (Å²) in [6.07, 6.45) is 15.1. The van der Waals surface area contributed by atoms with Gasteiger partial charge < -0.3 is 14.2 Å². The monoisotopic (exact) mass is 594 g/mol. The number of unbranched alkanes of at least 4 members (excludes halogenated alkanes) is 6. The maximum absolute atomic E-state index is 4.84. The largest absolute Gasteiger partial charge is 0.665 e. The van der Waals surface area contributed by atoms with Gasteiger partial charge in [0.25, 0.3) is 0 Å². The molecule has 1 radical (unpaired) electrons. The molecule has 3 aromatic carbocycles. The van der Waals surface area contributed by atoms with E-state index in [1.807, 2.05) is 36.4 Å². The molecule has 227 valence electrons. The first-order valence-corrected chi connectivity index (χ1v) is 14.6. The molecule has 0 aromatic heterocycles. The molecule has 0 aliphatic heterocycles. The van der Waals surface area contributed by atoms with Crippen LogP contribution in [0.25, 0.3) is 0 Å². The van der Waals surface area contributed by atoms with Gasteiger partial charge in [-0.1, -0.05) is 95.7 Å². The molecule has 3 nitrogen and oxygen atoms in total. The van der Waals surface area contributed by atoms with E-state index < -0.39 is 0 Å². The van der Waals surface area contributed by atoms with E-state index in [1.54, 1.807) is 0 Å². The molecular weight excluding hydrogens is 544 g/mol. The molecule has 0 saturated heterocycles. The number of benzene rings is 3. The fourth-order valence-corrected chi connectivity index (χ4v) is 3.99. The van der Waals surface area contributed by atoms with Crippen molar-refractivity contribution in [2.24, 2.45) is 0 Å². The van der Waals surface area contributed by atoms with E-state index in [1.165, 1.54) is 93.7 Å². The summed E-state index contributed by atoms with van der Waals surface area (Å²) in [7, 11) is 10.1. The summed E-state index contributed by atoms with van der Waals surface area (Å²) in [4.78, 5) is 0. The Kier molecular flexibility index (Phi) is 24.0. The van der Waals surface area contributed by atoms with Crippen molar-refractivity contribution in [3.05, 3.63) is 111 Å². The minimum Gasteiger partial charge on any atom is -0.665 e. The number of ether oxygens (including phenoxy) is 3. The number of hydrogen-bond acceptors (Lipinski definition) is 3. The molecule has 0 aliphatic carbocycles. The van der Waals surface area contributed by atoms with Gasteiger partial charge in [-0.3, -0.25) is 0 Å². The summed E-state index contributed by atoms with van der Waals surface area (Å²) < 4.78 is 14.5. The summed E-state index contributed by atoms with van der Waals surface area (Å²) in [5.41, 5.74) is 4.15. The van der Waals surface area contributed by atoms with Gasteiger partial charge in [-0.15, -0.1) is 0 Å². The molecule has 0 aliphatic rings. The molecule has 0 atom stereocenters. The van der Waals surface area contributed by atoms with Gasteiger partial charge in [0, 0.05) is 17.1 Å². The van der Waals surface area contributed by atoms with Gasteiger partial charge in [0.05, 0.1) is 17.2 Å². The second kappa shape index (κ2) is 25.5. The van der Waals surface area contributed by atoms with Gasteiger partial charge in [-0.2, -0.15) is 21.3 Å². The maximum atomic E-state index is 4.84. The topological polar surface area (TPSA) is 27.7 Å². The molecule has 0 amide bonds. The van der Waals surface area contributed by atoms with Crippen LogP contribution in [0.2, 0.25) is 0 Å². The maximum Gasteiger partial charge on any atom is 0.0843 e. The van der Waals surface area contributed by atoms with E-state index in [0.29, 0.717) is 0 Å². The van der Waals surface area contributed by atoms with Crippen LogP contribution < -0.4 is 14.2 Å². The minimum absolute atomic E-state index is 0. The number of hydrogen-bond donors (Lipinski definition) is 0. The predicted molar refractivity (Wildman–Crippen MR) is 167 cm³/mol. The Balaban J connectivity index is 0.000000563. The van der Waals surface area contributed by atoms with E-state index in [4.69, 9.17) is 14.2 Å². The summed E-state index contributed by atoms with van der Waals surface area (Å²) in [5.74, 6) is 2.50. The molecule has 4 heteroatoms. The third-order valence-electron chi connectivity index (χ3n) is 6.48. The molecule has 0 spiro atoms. The van der Waals surface area contributed by atoms with Crippen LogP contribution in [0.15, 0.2) is 72.8 Å². The van der Waals surface area contributed by atoms with E-state index in [9.17, 15) is 0 Å². The van der Waals surface area contributed by atoms with Gasteiger partial charge in [0.2, 0.25) is 0 Å². The van der Waals surface area contributed by atoms with E-state index >= 15 is 0 Å². The van der Waals surface area contributed by atoms with E-state index in [2.05, 4.69) is 78.5 Å². The summed E-state index contributed by atoms with van der Waals surface area (Å²) >= 11 is 0. The molecule has 0 N–H and O–H groups in total. The van der Waals surface area contributed by atoms with Crippen LogP contribution in [-0.2, 0) is 36.3 Å². The average Bonchev–Trinajstić information content (AvgIpc) is 2.99. The zero-order valence-corrected chi connectivity index (χ0v) is 26.0. The second-order valence-electron chi connectivity index (χ2n) is 9.74. The van der Waals surface area contributed by atoms with Crippen LogP contribution in [-0.4, -0.2) is 0 Å². The van der Waals surface area contributed by atoms with Crippen LogP contribution >= 0.6 is 0 Å². The molecule has 3 aromatic rings. The number of rotatable bonds is 15. The Labute approximate surface area is 256 Å². The van der Waals surface area contributed by atoms with Crippen LogP contribution in [0.1, 0.15) is 95.2 Å². The fraction of sp³-hybridized carbons (Fsp3) is 0.417. The van der Waals surface area contributed by atoms with Crippen LogP contribution in [0.4, 0.5) is 0 Å². The number of aryl methyl sites for hydroxylation is 3. The zero-order valence-electron chi connectivity index (χ0n) is 25.1. The van der Waals surface area contributed by atoms with Crippen LogP contribution in [0, 0.1) is 21.3 Å². The summed E-state index contributed by atoms with van der Waals surface area (Å²) in [6.45, 7) is 6.67. The third-order valence-corrected chi connectivity index (χ3v) is 6.48. The van der Waals surface area contributed by atoms with Gasteiger partial charge in [0.1, 0.15) is 0 Å². The fourth-order valence-electron chi connectivity index (χ4n) is 3.99. The Bertz CT molecular complexity index is 810. The quantitative estimate of drug-likeness (QED) is 0.0994. The molecule has 0 bridgehead atoms. The molecule has 40 heavy (non-hydrogen) atoms. The first-order chi connectivity index (χ1) is 19.1. The average molecular weight is 595 g/mol. The van der Waals surface area contributed by atoms with Crippen molar-refractivity contribution in [3.8, 4) is 17.2 Å². The normalized spacial score (nSPS) is 9.75. The summed E-state index contributed by atoms with van der Waals surface area (Å²) in [6, 6.07) is 24.4. The van der Waals surface area contributed by atoms with Crippen molar-refractivity contribution in [3.63, 3.8) is 0 Å². The van der Waals surface area contributed by atoms with Crippen LogP contribution in [0.5, 0.6) is 17.2 Å². The first-order valence-electron chi connectivity index (χ1n) is 14.6. The van der Waals surface area contributed by atoms with Crippen LogP contribution in [0.3, 0.4) is 0 Å².